The van der Waals surface area contributed by atoms with Gasteiger partial charge in [-0.25, -0.2) is 4.98 Å². The van der Waals surface area contributed by atoms with Crippen LogP contribution in [0.2, 0.25) is 0 Å². The van der Waals surface area contributed by atoms with Gasteiger partial charge in [-0.05, 0) is 38.7 Å². The van der Waals surface area contributed by atoms with E-state index in [1.165, 1.54) is 5.56 Å². The Kier molecular flexibility index (Phi) is 5.48. The standard InChI is InChI=1S/C20H22N4O2.ClH/c1-11-3-5-13(6-4-11)16-9-15(18-12(2)24-26-20(18)23-16)19(25)22-17(10-21)14-7-8-14;/h3-6,9,14,17H,7-8,10,21H2,1-2H3,(H,22,25);1H. The van der Waals surface area contributed by atoms with Crippen LogP contribution >= 0.6 is 12.4 Å². The average Bonchev–Trinajstić information content (AvgIpc) is 3.42. The van der Waals surface area contributed by atoms with E-state index >= 15 is 0 Å². The molecule has 1 unspecified atom stereocenters. The Morgan fingerprint density at radius 1 is 1.30 bits per heavy atom. The van der Waals surface area contributed by atoms with Crippen LogP contribution in [0.5, 0.6) is 0 Å². The number of nitrogens with one attached hydrogen (secondary N) is 1. The van der Waals surface area contributed by atoms with Crippen molar-refractivity contribution in [2.24, 2.45) is 11.7 Å². The smallest absolute Gasteiger partial charge is 0.259 e. The number of fused-ring (bicyclic) bond motifs is 1. The van der Waals surface area contributed by atoms with Crippen LogP contribution in [0, 0.1) is 19.8 Å². The summed E-state index contributed by atoms with van der Waals surface area (Å²) in [6, 6.07) is 9.83. The van der Waals surface area contributed by atoms with Crippen LogP contribution in [0.3, 0.4) is 0 Å². The van der Waals surface area contributed by atoms with Gasteiger partial charge in [-0.15, -0.1) is 12.4 Å². The molecule has 1 atom stereocenters. The molecule has 0 aliphatic heterocycles. The molecule has 1 aliphatic carbocycles. The molecule has 27 heavy (non-hydrogen) atoms. The number of hydrogen-bond acceptors (Lipinski definition) is 5. The molecule has 7 heteroatoms. The molecule has 3 N–H and O–H groups in total. The molecule has 4 rings (SSSR count). The summed E-state index contributed by atoms with van der Waals surface area (Å²) in [7, 11) is 0. The monoisotopic (exact) mass is 386 g/mol. The first-order valence-corrected chi connectivity index (χ1v) is 8.92. The van der Waals surface area contributed by atoms with E-state index in [4.69, 9.17) is 10.3 Å². The highest BCUT2D eigenvalue weighted by atomic mass is 35.5. The summed E-state index contributed by atoms with van der Waals surface area (Å²) in [4.78, 5) is 17.5. The zero-order valence-corrected chi connectivity index (χ0v) is 16.2. The number of hydrogen-bond donors (Lipinski definition) is 2. The minimum absolute atomic E-state index is 0. The zero-order valence-electron chi connectivity index (χ0n) is 15.4. The third-order valence-electron chi connectivity index (χ3n) is 4.97. The van der Waals surface area contributed by atoms with Crippen molar-refractivity contribution in [1.29, 1.82) is 0 Å². The highest BCUT2D eigenvalue weighted by molar-refractivity contribution is 6.07. The first kappa shape index (κ1) is 19.3. The molecule has 1 fully saturated rings. The number of amides is 1. The Bertz CT molecular complexity index is 964. The van der Waals surface area contributed by atoms with E-state index in [2.05, 4.69) is 15.5 Å². The van der Waals surface area contributed by atoms with Gasteiger partial charge in [-0.1, -0.05) is 35.0 Å². The molecule has 2 heterocycles. The third kappa shape index (κ3) is 3.82. The number of pyridine rings is 1. The van der Waals surface area contributed by atoms with Gasteiger partial charge in [0.1, 0.15) is 0 Å². The molecule has 1 saturated carbocycles. The number of rotatable bonds is 5. The lowest BCUT2D eigenvalue weighted by Crippen LogP contribution is -2.41. The third-order valence-corrected chi connectivity index (χ3v) is 4.97. The lowest BCUT2D eigenvalue weighted by Gasteiger charge is -2.16. The lowest BCUT2D eigenvalue weighted by atomic mass is 10.0. The van der Waals surface area contributed by atoms with Gasteiger partial charge >= 0.3 is 0 Å². The van der Waals surface area contributed by atoms with E-state index in [1.54, 1.807) is 0 Å². The number of nitrogens with zero attached hydrogens (tertiary/aromatic N) is 2. The molecule has 0 saturated heterocycles. The molecule has 0 radical (unpaired) electrons. The quantitative estimate of drug-likeness (QED) is 0.700. The van der Waals surface area contributed by atoms with E-state index < -0.39 is 0 Å². The van der Waals surface area contributed by atoms with Crippen LogP contribution < -0.4 is 11.1 Å². The summed E-state index contributed by atoms with van der Waals surface area (Å²) < 4.78 is 5.35. The molecule has 2 aromatic heterocycles. The SMILES string of the molecule is Cc1ccc(-c2cc(C(=O)NC(CN)C3CC3)c3c(C)noc3n2)cc1.Cl. The van der Waals surface area contributed by atoms with Gasteiger partial charge in [0.25, 0.3) is 11.6 Å². The van der Waals surface area contributed by atoms with Crippen molar-refractivity contribution in [1.82, 2.24) is 15.5 Å². The average molecular weight is 387 g/mol. The topological polar surface area (TPSA) is 94.0 Å². The summed E-state index contributed by atoms with van der Waals surface area (Å²) in [5, 5.41) is 7.73. The maximum atomic E-state index is 13.0. The summed E-state index contributed by atoms with van der Waals surface area (Å²) in [6.07, 6.45) is 2.24. The van der Waals surface area contributed by atoms with Gasteiger partial charge < -0.3 is 15.6 Å². The number of nitrogens with two attached hydrogens (primary N) is 1. The fraction of sp³-hybridized carbons (Fsp3) is 0.350. The van der Waals surface area contributed by atoms with Crippen molar-refractivity contribution in [2.75, 3.05) is 6.54 Å². The summed E-state index contributed by atoms with van der Waals surface area (Å²) >= 11 is 0. The molecule has 142 valence electrons. The number of aryl methyl sites for hydroxylation is 2. The van der Waals surface area contributed by atoms with Crippen LogP contribution in [0.25, 0.3) is 22.4 Å². The van der Waals surface area contributed by atoms with Crippen molar-refractivity contribution in [3.63, 3.8) is 0 Å². The molecule has 6 nitrogen and oxygen atoms in total. The van der Waals surface area contributed by atoms with Crippen LogP contribution in [-0.2, 0) is 0 Å². The van der Waals surface area contributed by atoms with E-state index in [0.717, 1.165) is 18.4 Å². The Balaban J connectivity index is 0.00000210. The lowest BCUT2D eigenvalue weighted by molar-refractivity contribution is 0.0935. The largest absolute Gasteiger partial charge is 0.348 e. The Hall–Kier alpha value is -2.44. The van der Waals surface area contributed by atoms with Gasteiger partial charge in [0.15, 0.2) is 0 Å². The predicted octanol–water partition coefficient (Wildman–Crippen LogP) is 3.40. The van der Waals surface area contributed by atoms with E-state index in [9.17, 15) is 4.79 Å². The van der Waals surface area contributed by atoms with Crippen LogP contribution in [0.15, 0.2) is 34.9 Å². The normalized spacial score (nSPS) is 14.6. The van der Waals surface area contributed by atoms with Crippen molar-refractivity contribution in [2.45, 2.75) is 32.7 Å². The van der Waals surface area contributed by atoms with Gasteiger partial charge in [-0.2, -0.15) is 0 Å². The second kappa shape index (κ2) is 7.66. The maximum Gasteiger partial charge on any atom is 0.259 e. The van der Waals surface area contributed by atoms with Gasteiger partial charge in [0.05, 0.1) is 22.3 Å². The number of halogens is 1. The fourth-order valence-electron chi connectivity index (χ4n) is 3.26. The first-order valence-electron chi connectivity index (χ1n) is 8.92. The first-order chi connectivity index (χ1) is 12.6. The second-order valence-corrected chi connectivity index (χ2v) is 7.02. The Morgan fingerprint density at radius 3 is 2.63 bits per heavy atom. The Labute approximate surface area is 163 Å². The van der Waals surface area contributed by atoms with E-state index in [-0.39, 0.29) is 24.4 Å². The summed E-state index contributed by atoms with van der Waals surface area (Å²) in [6.45, 7) is 4.29. The van der Waals surface area contributed by atoms with Crippen LogP contribution in [0.4, 0.5) is 0 Å². The molecule has 0 bridgehead atoms. The predicted molar refractivity (Wildman–Crippen MR) is 107 cm³/mol. The summed E-state index contributed by atoms with van der Waals surface area (Å²) in [5.74, 6) is 0.334. The highest BCUT2D eigenvalue weighted by Gasteiger charge is 2.32. The second-order valence-electron chi connectivity index (χ2n) is 7.02. The van der Waals surface area contributed by atoms with Crippen LogP contribution in [-0.4, -0.2) is 28.6 Å². The number of benzene rings is 1. The highest BCUT2D eigenvalue weighted by Crippen LogP contribution is 2.33. The van der Waals surface area contributed by atoms with Crippen molar-refractivity contribution in [3.05, 3.63) is 47.2 Å². The summed E-state index contributed by atoms with van der Waals surface area (Å²) in [5.41, 5.74) is 10.2. The number of carbonyl (C=O) groups excluding carboxylic acids is 1. The molecule has 1 aliphatic rings. The minimum atomic E-state index is -0.153. The number of aromatic nitrogens is 2. The molecule has 1 amide bonds. The Morgan fingerprint density at radius 2 is 2.00 bits per heavy atom. The molecule has 0 spiro atoms. The van der Waals surface area contributed by atoms with Crippen molar-refractivity contribution < 1.29 is 9.32 Å². The van der Waals surface area contributed by atoms with E-state index in [0.29, 0.717) is 40.5 Å². The zero-order chi connectivity index (χ0) is 18.3. The van der Waals surface area contributed by atoms with Crippen LogP contribution in [0.1, 0.15) is 34.5 Å². The molecule has 1 aromatic carbocycles. The molecule has 3 aromatic rings. The number of carbonyl (C=O) groups is 1. The minimum Gasteiger partial charge on any atom is -0.348 e. The van der Waals surface area contributed by atoms with Gasteiger partial charge in [0, 0.05) is 18.2 Å². The fourth-order valence-corrected chi connectivity index (χ4v) is 3.26. The molecular weight excluding hydrogens is 364 g/mol. The van der Waals surface area contributed by atoms with Crippen molar-refractivity contribution >= 4 is 29.4 Å². The maximum absolute atomic E-state index is 13.0. The molecular formula is C20H23ClN4O2. The van der Waals surface area contributed by atoms with Gasteiger partial charge in [0.2, 0.25) is 0 Å². The van der Waals surface area contributed by atoms with Gasteiger partial charge in [-0.3, -0.25) is 4.79 Å². The van der Waals surface area contributed by atoms with Crippen molar-refractivity contribution in [3.8, 4) is 11.3 Å². The van der Waals surface area contributed by atoms with E-state index in [1.807, 2.05) is 44.2 Å².